The quantitative estimate of drug-likeness (QED) is 0.639. The van der Waals surface area contributed by atoms with Crippen LogP contribution in [-0.4, -0.2) is 23.4 Å². The lowest BCUT2D eigenvalue weighted by molar-refractivity contribution is 0.0510. The number of rotatable bonds is 4. The monoisotopic (exact) mass is 284 g/mol. The van der Waals surface area contributed by atoms with Crippen molar-refractivity contribution in [3.05, 3.63) is 35.0 Å². The van der Waals surface area contributed by atoms with E-state index in [-0.39, 0.29) is 23.9 Å². The number of hydrogen-bond acceptors (Lipinski definition) is 4. The Morgan fingerprint density at radius 3 is 2.71 bits per heavy atom. The fourth-order valence-electron chi connectivity index (χ4n) is 2.47. The summed E-state index contributed by atoms with van der Waals surface area (Å²) in [5.74, 6) is -0.525. The number of benzene rings is 1. The minimum Gasteiger partial charge on any atom is -0.461 e. The molecule has 0 aliphatic carbocycles. The minimum absolute atomic E-state index is 0.0199. The van der Waals surface area contributed by atoms with Crippen molar-refractivity contribution in [2.75, 3.05) is 6.61 Å². The summed E-state index contributed by atoms with van der Waals surface area (Å²) in [6.07, 6.45) is 0.647. The van der Waals surface area contributed by atoms with Gasteiger partial charge in [0.1, 0.15) is 5.69 Å². The molecular formula is C16H16N2O3. The van der Waals surface area contributed by atoms with Gasteiger partial charge in [-0.2, -0.15) is 5.26 Å². The Balaban J connectivity index is 2.87. The number of aldehydes is 1. The number of aromatic nitrogens is 1. The Morgan fingerprint density at radius 1 is 1.48 bits per heavy atom. The van der Waals surface area contributed by atoms with Crippen LogP contribution in [0.2, 0.25) is 0 Å². The van der Waals surface area contributed by atoms with Crippen LogP contribution in [0.25, 0.3) is 10.9 Å². The van der Waals surface area contributed by atoms with Gasteiger partial charge in [-0.1, -0.05) is 0 Å². The van der Waals surface area contributed by atoms with E-state index in [0.29, 0.717) is 17.2 Å². The summed E-state index contributed by atoms with van der Waals surface area (Å²) in [6, 6.07) is 7.07. The van der Waals surface area contributed by atoms with Crippen LogP contribution in [0.5, 0.6) is 0 Å². The van der Waals surface area contributed by atoms with Crippen LogP contribution in [0.4, 0.5) is 0 Å². The van der Waals surface area contributed by atoms with Crippen LogP contribution in [0.3, 0.4) is 0 Å². The molecule has 5 heteroatoms. The van der Waals surface area contributed by atoms with Gasteiger partial charge in [0.05, 0.1) is 23.8 Å². The highest BCUT2D eigenvalue weighted by Gasteiger charge is 2.25. The summed E-state index contributed by atoms with van der Waals surface area (Å²) in [6.45, 7) is 5.80. The van der Waals surface area contributed by atoms with Crippen molar-refractivity contribution in [2.24, 2.45) is 0 Å². The van der Waals surface area contributed by atoms with Gasteiger partial charge >= 0.3 is 5.97 Å². The lowest BCUT2D eigenvalue weighted by Gasteiger charge is -2.14. The predicted octanol–water partition coefficient (Wildman–Crippen LogP) is 3.08. The molecule has 2 aromatic rings. The SMILES string of the molecule is CCOC(=O)c1c(C=O)c2cc(C#N)ccc2n1C(C)C. The number of fused-ring (bicyclic) bond motifs is 1. The summed E-state index contributed by atoms with van der Waals surface area (Å²) in [4.78, 5) is 23.7. The topological polar surface area (TPSA) is 72.1 Å². The molecule has 0 bridgehead atoms. The van der Waals surface area contributed by atoms with Crippen LogP contribution in [0.1, 0.15) is 53.2 Å². The average Bonchev–Trinajstić information content (AvgIpc) is 2.80. The molecule has 0 saturated heterocycles. The van der Waals surface area contributed by atoms with Crippen LogP contribution in [0, 0.1) is 11.3 Å². The van der Waals surface area contributed by atoms with E-state index in [2.05, 4.69) is 0 Å². The molecule has 0 unspecified atom stereocenters. The Bertz CT molecular complexity index is 751. The van der Waals surface area contributed by atoms with Crippen molar-refractivity contribution in [3.63, 3.8) is 0 Å². The van der Waals surface area contributed by atoms with Gasteiger partial charge in [-0.05, 0) is 39.0 Å². The maximum absolute atomic E-state index is 12.2. The fraction of sp³-hybridized carbons (Fsp3) is 0.312. The smallest absolute Gasteiger partial charge is 0.355 e. The zero-order chi connectivity index (χ0) is 15.6. The Kier molecular flexibility index (Phi) is 4.08. The highest BCUT2D eigenvalue weighted by molar-refractivity contribution is 6.09. The van der Waals surface area contributed by atoms with E-state index >= 15 is 0 Å². The molecule has 1 aromatic carbocycles. The highest BCUT2D eigenvalue weighted by Crippen LogP contribution is 2.29. The second-order valence-corrected chi connectivity index (χ2v) is 4.91. The molecule has 0 radical (unpaired) electrons. The van der Waals surface area contributed by atoms with Crippen molar-refractivity contribution in [1.82, 2.24) is 4.57 Å². The molecule has 0 atom stereocenters. The van der Waals surface area contributed by atoms with E-state index in [0.717, 1.165) is 5.52 Å². The number of nitriles is 1. The Morgan fingerprint density at radius 2 is 2.19 bits per heavy atom. The van der Waals surface area contributed by atoms with E-state index < -0.39 is 5.97 Å². The molecule has 0 fully saturated rings. The summed E-state index contributed by atoms with van der Waals surface area (Å²) in [5, 5.41) is 9.60. The predicted molar refractivity (Wildman–Crippen MR) is 78.4 cm³/mol. The van der Waals surface area contributed by atoms with Gasteiger partial charge in [-0.3, -0.25) is 4.79 Å². The molecular weight excluding hydrogens is 268 g/mol. The standard InChI is InChI=1S/C16H16N2O3/c1-4-21-16(20)15-13(9-19)12-7-11(8-17)5-6-14(12)18(15)10(2)3/h5-7,9-10H,4H2,1-3H3. The maximum atomic E-state index is 12.2. The molecule has 1 aromatic heterocycles. The summed E-state index contributed by atoms with van der Waals surface area (Å²) >= 11 is 0. The normalized spacial score (nSPS) is 10.6. The fourth-order valence-corrected chi connectivity index (χ4v) is 2.47. The molecule has 0 spiro atoms. The Labute approximate surface area is 122 Å². The van der Waals surface area contributed by atoms with Crippen molar-refractivity contribution >= 4 is 23.2 Å². The molecule has 1 heterocycles. The van der Waals surface area contributed by atoms with Crippen molar-refractivity contribution in [1.29, 1.82) is 5.26 Å². The van der Waals surface area contributed by atoms with Crippen molar-refractivity contribution in [2.45, 2.75) is 26.8 Å². The largest absolute Gasteiger partial charge is 0.461 e. The maximum Gasteiger partial charge on any atom is 0.355 e. The van der Waals surface area contributed by atoms with E-state index in [9.17, 15) is 9.59 Å². The number of hydrogen-bond donors (Lipinski definition) is 0. The molecule has 5 nitrogen and oxygen atoms in total. The van der Waals surface area contributed by atoms with Gasteiger partial charge in [-0.25, -0.2) is 4.79 Å². The summed E-state index contributed by atoms with van der Waals surface area (Å²) < 4.78 is 6.84. The van der Waals surface area contributed by atoms with Crippen LogP contribution < -0.4 is 0 Å². The number of ether oxygens (including phenoxy) is 1. The molecule has 0 amide bonds. The zero-order valence-corrected chi connectivity index (χ0v) is 12.2. The van der Waals surface area contributed by atoms with Crippen molar-refractivity contribution < 1.29 is 14.3 Å². The van der Waals surface area contributed by atoms with Gasteiger partial charge in [0.15, 0.2) is 6.29 Å². The molecule has 21 heavy (non-hydrogen) atoms. The first-order valence-corrected chi connectivity index (χ1v) is 6.75. The van der Waals surface area contributed by atoms with Gasteiger partial charge in [-0.15, -0.1) is 0 Å². The molecule has 0 N–H and O–H groups in total. The third-order valence-corrected chi connectivity index (χ3v) is 3.27. The van der Waals surface area contributed by atoms with E-state index in [1.165, 1.54) is 0 Å². The van der Waals surface area contributed by atoms with Crippen LogP contribution in [0.15, 0.2) is 18.2 Å². The molecule has 2 rings (SSSR count). The average molecular weight is 284 g/mol. The van der Waals surface area contributed by atoms with Crippen LogP contribution >= 0.6 is 0 Å². The first-order valence-electron chi connectivity index (χ1n) is 6.75. The van der Waals surface area contributed by atoms with Gasteiger partial charge in [0.25, 0.3) is 0 Å². The molecule has 0 aliphatic heterocycles. The Hall–Kier alpha value is -2.61. The number of carbonyl (C=O) groups excluding carboxylic acids is 2. The van der Waals surface area contributed by atoms with Gasteiger partial charge in [0.2, 0.25) is 0 Å². The second-order valence-electron chi connectivity index (χ2n) is 4.91. The summed E-state index contributed by atoms with van der Waals surface area (Å²) in [5.41, 5.74) is 1.71. The third-order valence-electron chi connectivity index (χ3n) is 3.27. The zero-order valence-electron chi connectivity index (χ0n) is 12.2. The number of nitrogens with zero attached hydrogens (tertiary/aromatic N) is 2. The first kappa shape index (κ1) is 14.8. The molecule has 0 saturated carbocycles. The molecule has 0 aliphatic rings. The first-order chi connectivity index (χ1) is 10.0. The second kappa shape index (κ2) is 5.80. The van der Waals surface area contributed by atoms with Crippen LogP contribution in [-0.2, 0) is 4.74 Å². The summed E-state index contributed by atoms with van der Waals surface area (Å²) in [7, 11) is 0. The minimum atomic E-state index is -0.525. The third kappa shape index (κ3) is 2.40. The van der Waals surface area contributed by atoms with E-state index in [1.54, 1.807) is 29.7 Å². The number of carbonyl (C=O) groups is 2. The number of esters is 1. The van der Waals surface area contributed by atoms with Gasteiger partial charge < -0.3 is 9.30 Å². The van der Waals surface area contributed by atoms with E-state index in [4.69, 9.17) is 10.00 Å². The highest BCUT2D eigenvalue weighted by atomic mass is 16.5. The van der Waals surface area contributed by atoms with Crippen molar-refractivity contribution in [3.8, 4) is 6.07 Å². The van der Waals surface area contributed by atoms with E-state index in [1.807, 2.05) is 19.9 Å². The lowest BCUT2D eigenvalue weighted by atomic mass is 10.1. The lowest BCUT2D eigenvalue weighted by Crippen LogP contribution is -2.15. The molecule has 108 valence electrons. The van der Waals surface area contributed by atoms with Gasteiger partial charge in [0, 0.05) is 16.9 Å².